The zero-order valence-corrected chi connectivity index (χ0v) is 16.6. The monoisotopic (exact) mass is 461 g/mol. The molecule has 25 heavy (non-hydrogen) atoms. The number of amides is 1. The highest BCUT2D eigenvalue weighted by molar-refractivity contribution is 9.10. The quantitative estimate of drug-likeness (QED) is 0.697. The first kappa shape index (κ1) is 18.4. The minimum atomic E-state index is -1.73. The van der Waals surface area contributed by atoms with E-state index in [2.05, 4.69) is 25.6 Å². The van der Waals surface area contributed by atoms with Crippen LogP contribution < -0.4 is 5.32 Å². The number of carbonyl (C=O) groups is 1. The molecule has 0 spiro atoms. The summed E-state index contributed by atoms with van der Waals surface area (Å²) in [7, 11) is 1.50. The van der Waals surface area contributed by atoms with Gasteiger partial charge in [-0.1, -0.05) is 11.6 Å². The Morgan fingerprint density at radius 2 is 2.24 bits per heavy atom. The number of nitrogens with zero attached hydrogens (tertiary/aromatic N) is 2. The summed E-state index contributed by atoms with van der Waals surface area (Å²) in [6, 6.07) is 5.69. The lowest BCUT2D eigenvalue weighted by Crippen LogP contribution is -2.35. The van der Waals surface area contributed by atoms with Crippen LogP contribution in [0.15, 0.2) is 50.3 Å². The van der Waals surface area contributed by atoms with Gasteiger partial charge in [-0.15, -0.1) is 11.3 Å². The fraction of sp³-hybridized carbons (Fsp3) is 0.0667. The summed E-state index contributed by atoms with van der Waals surface area (Å²) in [5, 5.41) is 4.38. The van der Waals surface area contributed by atoms with E-state index in [9.17, 15) is 13.7 Å². The number of allylic oxidation sites excluding steroid dienone is 1. The van der Waals surface area contributed by atoms with Crippen molar-refractivity contribution < 1.29 is 13.7 Å². The van der Waals surface area contributed by atoms with Gasteiger partial charge in [-0.2, -0.15) is 4.31 Å². The van der Waals surface area contributed by atoms with Crippen LogP contribution >= 0.6 is 38.9 Å². The van der Waals surface area contributed by atoms with Crippen molar-refractivity contribution in [2.45, 2.75) is 0 Å². The number of nitrogens with one attached hydrogen (secondary N) is 1. The summed E-state index contributed by atoms with van der Waals surface area (Å²) in [6.45, 7) is 0. The van der Waals surface area contributed by atoms with Crippen molar-refractivity contribution in [3.63, 3.8) is 0 Å². The van der Waals surface area contributed by atoms with E-state index in [-0.39, 0.29) is 10.7 Å². The third-order valence-corrected chi connectivity index (χ3v) is 6.27. The van der Waals surface area contributed by atoms with Crippen LogP contribution in [0.2, 0.25) is 5.02 Å². The van der Waals surface area contributed by atoms with Crippen LogP contribution in [-0.4, -0.2) is 27.5 Å². The van der Waals surface area contributed by atoms with Crippen molar-refractivity contribution in [2.24, 2.45) is 4.40 Å². The molecule has 1 aliphatic heterocycles. The first-order valence-electron chi connectivity index (χ1n) is 6.82. The lowest BCUT2D eigenvalue weighted by molar-refractivity contribution is -0.113. The van der Waals surface area contributed by atoms with E-state index in [4.69, 9.17) is 11.6 Å². The highest BCUT2D eigenvalue weighted by Crippen LogP contribution is 2.26. The molecule has 0 fully saturated rings. The predicted octanol–water partition coefficient (Wildman–Crippen LogP) is 4.14. The molecule has 3 rings (SSSR count). The summed E-state index contributed by atoms with van der Waals surface area (Å²) < 4.78 is 31.6. The molecule has 0 radical (unpaired) electrons. The number of halogens is 3. The van der Waals surface area contributed by atoms with Crippen molar-refractivity contribution >= 4 is 67.7 Å². The topological polar surface area (TPSA) is 67.8 Å². The van der Waals surface area contributed by atoms with Gasteiger partial charge in [0.15, 0.2) is 5.70 Å². The maximum Gasteiger partial charge on any atom is 0.276 e. The molecule has 5 nitrogen and oxygen atoms in total. The molecule has 1 amide bonds. The molecule has 130 valence electrons. The average Bonchev–Trinajstić information content (AvgIpc) is 3.00. The molecule has 1 atom stereocenters. The van der Waals surface area contributed by atoms with Crippen LogP contribution in [0.3, 0.4) is 0 Å². The Morgan fingerprint density at radius 1 is 1.48 bits per heavy atom. The molecule has 0 bridgehead atoms. The Balaban J connectivity index is 1.87. The van der Waals surface area contributed by atoms with Crippen LogP contribution in [0.25, 0.3) is 0 Å². The molecular formula is C15H10BrClFN3O2S2. The third kappa shape index (κ3) is 4.06. The van der Waals surface area contributed by atoms with E-state index in [1.807, 2.05) is 11.4 Å². The van der Waals surface area contributed by atoms with Crippen LogP contribution in [-0.2, 0) is 16.3 Å². The lowest BCUT2D eigenvalue weighted by Gasteiger charge is -2.23. The number of rotatable bonds is 3. The van der Waals surface area contributed by atoms with E-state index in [1.165, 1.54) is 34.8 Å². The minimum Gasteiger partial charge on any atom is -0.566 e. The largest absolute Gasteiger partial charge is 0.566 e. The van der Waals surface area contributed by atoms with E-state index in [0.29, 0.717) is 11.4 Å². The smallest absolute Gasteiger partial charge is 0.276 e. The Kier molecular flexibility index (Phi) is 5.49. The van der Waals surface area contributed by atoms with Crippen molar-refractivity contribution in [2.75, 3.05) is 12.4 Å². The summed E-state index contributed by atoms with van der Waals surface area (Å²) >= 11 is 8.76. The lowest BCUT2D eigenvalue weighted by atomic mass is 10.2. The molecular weight excluding hydrogens is 453 g/mol. The normalized spacial score (nSPS) is 17.2. The van der Waals surface area contributed by atoms with Crippen LogP contribution in [0.5, 0.6) is 0 Å². The third-order valence-electron chi connectivity index (χ3n) is 3.25. The van der Waals surface area contributed by atoms with Gasteiger partial charge in [-0.3, -0.25) is 4.79 Å². The molecule has 1 unspecified atom stereocenters. The Labute approximate surface area is 163 Å². The number of hydrogen-bond donors (Lipinski definition) is 1. The van der Waals surface area contributed by atoms with Gasteiger partial charge in [0.2, 0.25) is 11.5 Å². The van der Waals surface area contributed by atoms with Crippen LogP contribution in [0.1, 0.15) is 4.88 Å². The van der Waals surface area contributed by atoms with E-state index < -0.39 is 23.3 Å². The van der Waals surface area contributed by atoms with Crippen molar-refractivity contribution in [1.82, 2.24) is 4.31 Å². The maximum absolute atomic E-state index is 13.2. The Morgan fingerprint density at radius 3 is 2.88 bits per heavy atom. The van der Waals surface area contributed by atoms with Gasteiger partial charge in [-0.05, 0) is 44.6 Å². The highest BCUT2D eigenvalue weighted by Gasteiger charge is 2.30. The molecule has 10 heteroatoms. The number of hydrogen-bond acceptors (Lipinski definition) is 5. The minimum absolute atomic E-state index is 0.0990. The fourth-order valence-electron chi connectivity index (χ4n) is 2.02. The SMILES string of the molecule is CN1C(C(=O)Nc2ccc(F)c(Cl)c2)=CC(c2cc(Br)cs2)=N[S+]1[O-]. The zero-order chi connectivity index (χ0) is 18.1. The van der Waals surface area contributed by atoms with Gasteiger partial charge >= 0.3 is 0 Å². The first-order valence-corrected chi connectivity index (χ1v) is 9.93. The van der Waals surface area contributed by atoms with Crippen LogP contribution in [0.4, 0.5) is 10.1 Å². The molecule has 0 saturated heterocycles. The maximum atomic E-state index is 13.2. The number of carbonyl (C=O) groups excluding carboxylic acids is 1. The highest BCUT2D eigenvalue weighted by atomic mass is 79.9. The van der Waals surface area contributed by atoms with Gasteiger partial charge in [-0.25, -0.2) is 4.39 Å². The molecule has 1 aromatic heterocycles. The molecule has 1 aliphatic rings. The number of thiophene rings is 1. The molecule has 0 saturated carbocycles. The number of benzene rings is 1. The summed E-state index contributed by atoms with van der Waals surface area (Å²) in [5.41, 5.74) is 0.960. The first-order chi connectivity index (χ1) is 11.8. The summed E-state index contributed by atoms with van der Waals surface area (Å²) in [5.74, 6) is -1.07. The second-order valence-corrected chi connectivity index (χ2v) is 8.37. The van der Waals surface area contributed by atoms with E-state index in [0.717, 1.165) is 15.4 Å². The second-order valence-electron chi connectivity index (χ2n) is 4.95. The summed E-state index contributed by atoms with van der Waals surface area (Å²) in [4.78, 5) is 13.3. The average molecular weight is 463 g/mol. The fourth-order valence-corrected chi connectivity index (χ4v) is 4.39. The zero-order valence-electron chi connectivity index (χ0n) is 12.6. The Bertz CT molecular complexity index is 903. The standard InChI is InChI=1S/C15H10BrClFN3O2S2/c1-21-13(15(22)19-9-2-3-11(18)10(17)5-9)6-12(20-25(21)23)14-4-8(16)7-24-14/h2-7H,1H3,(H,19,22). The van der Waals surface area contributed by atoms with E-state index >= 15 is 0 Å². The van der Waals surface area contributed by atoms with Crippen molar-refractivity contribution in [3.05, 3.63) is 61.6 Å². The van der Waals surface area contributed by atoms with Crippen molar-refractivity contribution in [1.29, 1.82) is 0 Å². The van der Waals surface area contributed by atoms with Gasteiger partial charge in [0.05, 0.1) is 16.9 Å². The second kappa shape index (κ2) is 7.46. The number of likely N-dealkylation sites (N-methyl/N-ethyl adjacent to an activating group) is 1. The summed E-state index contributed by atoms with van der Waals surface area (Å²) in [6.07, 6.45) is 1.56. The van der Waals surface area contributed by atoms with Gasteiger partial charge < -0.3 is 9.87 Å². The molecule has 2 aromatic rings. The van der Waals surface area contributed by atoms with Crippen LogP contribution in [0, 0.1) is 5.82 Å². The Hall–Kier alpha value is -1.39. The van der Waals surface area contributed by atoms with Crippen molar-refractivity contribution in [3.8, 4) is 0 Å². The van der Waals surface area contributed by atoms with Gasteiger partial charge in [0.25, 0.3) is 5.91 Å². The number of anilines is 1. The molecule has 2 heterocycles. The van der Waals surface area contributed by atoms with Gasteiger partial charge in [0, 0.05) is 21.6 Å². The van der Waals surface area contributed by atoms with E-state index in [1.54, 1.807) is 6.08 Å². The predicted molar refractivity (Wildman–Crippen MR) is 103 cm³/mol. The molecule has 1 N–H and O–H groups in total. The van der Waals surface area contributed by atoms with Gasteiger partial charge in [0.1, 0.15) is 11.5 Å². The molecule has 1 aromatic carbocycles. The molecule has 0 aliphatic carbocycles.